The largest absolute Gasteiger partial charge is 0.323 e. The molecule has 1 fully saturated rings. The molecule has 4 aromatic rings. The van der Waals surface area contributed by atoms with E-state index in [0.29, 0.717) is 33.6 Å². The molecule has 3 amide bonds. The first-order chi connectivity index (χ1) is 19.4. The number of aromatic nitrogens is 2. The summed E-state index contributed by atoms with van der Waals surface area (Å²) in [6.07, 6.45) is 5.81. The number of carbonyl (C=O) groups is 3. The fourth-order valence-corrected chi connectivity index (χ4v) is 6.25. The van der Waals surface area contributed by atoms with Gasteiger partial charge in [-0.3, -0.25) is 19.4 Å². The van der Waals surface area contributed by atoms with Crippen LogP contribution >= 0.6 is 22.9 Å². The molecule has 1 unspecified atom stereocenters. The molecule has 0 spiro atoms. The third-order valence-electron chi connectivity index (χ3n) is 7.04. The highest BCUT2D eigenvalue weighted by molar-refractivity contribution is 7.14. The van der Waals surface area contributed by atoms with Crippen molar-refractivity contribution < 1.29 is 14.4 Å². The molecule has 8 nitrogen and oxygen atoms in total. The molecule has 202 valence electrons. The van der Waals surface area contributed by atoms with Crippen LogP contribution in [0.5, 0.6) is 0 Å². The molecule has 4 heterocycles. The van der Waals surface area contributed by atoms with Crippen LogP contribution < -0.4 is 10.6 Å². The van der Waals surface area contributed by atoms with E-state index in [9.17, 15) is 14.4 Å². The number of hydrogen-bond acceptors (Lipinski definition) is 6. The van der Waals surface area contributed by atoms with Gasteiger partial charge in [-0.2, -0.15) is 0 Å². The van der Waals surface area contributed by atoms with Crippen LogP contribution in [0.15, 0.2) is 67.0 Å². The number of fused-ring (bicyclic) bond motifs is 1. The summed E-state index contributed by atoms with van der Waals surface area (Å²) in [5.74, 6) is 0.0285. The predicted molar refractivity (Wildman–Crippen MR) is 155 cm³/mol. The summed E-state index contributed by atoms with van der Waals surface area (Å²) in [5, 5.41) is 5.99. The van der Waals surface area contributed by atoms with Crippen LogP contribution in [0, 0.1) is 6.92 Å². The summed E-state index contributed by atoms with van der Waals surface area (Å²) >= 11 is 8.01. The van der Waals surface area contributed by atoms with E-state index in [2.05, 4.69) is 20.6 Å². The van der Waals surface area contributed by atoms with Gasteiger partial charge in [-0.15, -0.1) is 11.3 Å². The minimum Gasteiger partial charge on any atom is -0.323 e. The number of aryl methyl sites for hydroxylation is 1. The molecule has 2 N–H and O–H groups in total. The first kappa shape index (κ1) is 26.2. The number of amides is 3. The molecule has 3 aromatic heterocycles. The van der Waals surface area contributed by atoms with Crippen molar-refractivity contribution in [2.45, 2.75) is 44.7 Å². The number of anilines is 2. The summed E-state index contributed by atoms with van der Waals surface area (Å²) < 4.78 is 0. The molecule has 0 radical (unpaired) electrons. The van der Waals surface area contributed by atoms with Crippen LogP contribution in [0.1, 0.15) is 60.5 Å². The number of benzene rings is 1. The van der Waals surface area contributed by atoms with Crippen molar-refractivity contribution in [3.05, 3.63) is 104 Å². The number of nitrogens with zero attached hydrogens (tertiary/aromatic N) is 3. The van der Waals surface area contributed by atoms with Gasteiger partial charge in [0.2, 0.25) is 5.91 Å². The molecule has 2 aliphatic rings. The second-order valence-electron chi connectivity index (χ2n) is 10.1. The Labute approximate surface area is 240 Å². The fraction of sp³-hybridized carbons (Fsp3) is 0.233. The second kappa shape index (κ2) is 10.8. The molecule has 1 aromatic carbocycles. The molecular formula is C30H26ClN5O3S. The van der Waals surface area contributed by atoms with Crippen molar-refractivity contribution in [3.8, 4) is 0 Å². The van der Waals surface area contributed by atoms with E-state index in [4.69, 9.17) is 11.6 Å². The third-order valence-corrected chi connectivity index (χ3v) is 8.63. The molecule has 6 rings (SSSR count). The van der Waals surface area contributed by atoms with Gasteiger partial charge in [0.1, 0.15) is 16.7 Å². The van der Waals surface area contributed by atoms with E-state index < -0.39 is 6.04 Å². The minimum absolute atomic E-state index is 0.140. The lowest BCUT2D eigenvalue weighted by Crippen LogP contribution is -2.46. The Morgan fingerprint density at radius 3 is 2.67 bits per heavy atom. The molecule has 1 aliphatic heterocycles. The van der Waals surface area contributed by atoms with Gasteiger partial charge in [0.25, 0.3) is 11.8 Å². The van der Waals surface area contributed by atoms with E-state index in [1.165, 1.54) is 11.3 Å². The molecule has 10 heteroatoms. The minimum atomic E-state index is -0.777. The van der Waals surface area contributed by atoms with E-state index in [1.54, 1.807) is 41.6 Å². The van der Waals surface area contributed by atoms with Gasteiger partial charge in [-0.25, -0.2) is 4.98 Å². The Morgan fingerprint density at radius 1 is 1.12 bits per heavy atom. The Kier molecular flexibility index (Phi) is 7.08. The summed E-state index contributed by atoms with van der Waals surface area (Å²) in [5.41, 5.74) is 3.25. The van der Waals surface area contributed by atoms with Crippen LogP contribution in [0.25, 0.3) is 0 Å². The number of carbonyl (C=O) groups excluding carboxylic acids is 3. The quantitative estimate of drug-likeness (QED) is 0.290. The Bertz CT molecular complexity index is 1600. The zero-order valence-electron chi connectivity index (χ0n) is 21.7. The molecule has 0 bridgehead atoms. The first-order valence-corrected chi connectivity index (χ1v) is 14.2. The Balaban J connectivity index is 1.28. The number of rotatable bonds is 7. The van der Waals surface area contributed by atoms with E-state index in [1.807, 2.05) is 37.3 Å². The summed E-state index contributed by atoms with van der Waals surface area (Å²) in [7, 11) is 0. The van der Waals surface area contributed by atoms with Crippen LogP contribution in [-0.2, 0) is 17.8 Å². The lowest BCUT2D eigenvalue weighted by Gasteiger charge is -2.28. The van der Waals surface area contributed by atoms with Crippen molar-refractivity contribution >= 4 is 52.2 Å². The average molecular weight is 572 g/mol. The number of hydrogen-bond donors (Lipinski definition) is 2. The highest BCUT2D eigenvalue weighted by atomic mass is 35.5. The van der Waals surface area contributed by atoms with Gasteiger partial charge in [0.15, 0.2) is 0 Å². The van der Waals surface area contributed by atoms with Crippen LogP contribution in [0.3, 0.4) is 0 Å². The second-order valence-corrected chi connectivity index (χ2v) is 11.6. The van der Waals surface area contributed by atoms with Crippen molar-refractivity contribution in [1.82, 2.24) is 14.9 Å². The van der Waals surface area contributed by atoms with Crippen LogP contribution in [0.2, 0.25) is 5.02 Å². The predicted octanol–water partition coefficient (Wildman–Crippen LogP) is 5.84. The lowest BCUT2D eigenvalue weighted by atomic mass is 10.1. The number of thiophene rings is 1. The SMILES string of the molecule is Cc1ccc(NC(=O)c2ccc(CN3C(=O)c4sc(C5CC5)cc4NC(=O)C3Cc3ccccn3)cc2Cl)nc1. The maximum absolute atomic E-state index is 14.0. The third kappa shape index (κ3) is 5.48. The monoisotopic (exact) mass is 571 g/mol. The topological polar surface area (TPSA) is 104 Å². The van der Waals surface area contributed by atoms with Crippen molar-refractivity contribution in [2.75, 3.05) is 10.6 Å². The average Bonchev–Trinajstić information content (AvgIpc) is 3.72. The lowest BCUT2D eigenvalue weighted by molar-refractivity contribution is -0.120. The maximum atomic E-state index is 14.0. The zero-order valence-corrected chi connectivity index (χ0v) is 23.3. The van der Waals surface area contributed by atoms with Gasteiger partial charge >= 0.3 is 0 Å². The first-order valence-electron chi connectivity index (χ1n) is 13.0. The van der Waals surface area contributed by atoms with Gasteiger partial charge in [0.05, 0.1) is 16.3 Å². The van der Waals surface area contributed by atoms with Gasteiger partial charge in [-0.1, -0.05) is 29.8 Å². The van der Waals surface area contributed by atoms with Gasteiger partial charge in [0, 0.05) is 35.9 Å². The molecular weight excluding hydrogens is 546 g/mol. The zero-order chi connectivity index (χ0) is 27.8. The highest BCUT2D eigenvalue weighted by Gasteiger charge is 2.38. The summed E-state index contributed by atoms with van der Waals surface area (Å²) in [6, 6.07) is 15.3. The maximum Gasteiger partial charge on any atom is 0.267 e. The normalized spacial score (nSPS) is 16.8. The van der Waals surface area contributed by atoms with Gasteiger partial charge in [-0.05, 0) is 73.2 Å². The van der Waals surface area contributed by atoms with Crippen molar-refractivity contribution in [1.29, 1.82) is 0 Å². The smallest absolute Gasteiger partial charge is 0.267 e. The van der Waals surface area contributed by atoms with Gasteiger partial charge < -0.3 is 15.5 Å². The summed E-state index contributed by atoms with van der Waals surface area (Å²) in [6.45, 7) is 2.06. The molecule has 1 atom stereocenters. The molecule has 1 aliphatic carbocycles. The van der Waals surface area contributed by atoms with E-state index in [0.717, 1.165) is 23.3 Å². The van der Waals surface area contributed by atoms with Crippen LogP contribution in [0.4, 0.5) is 11.5 Å². The Hall–Kier alpha value is -4.08. The van der Waals surface area contributed by atoms with E-state index >= 15 is 0 Å². The fourth-order valence-electron chi connectivity index (χ4n) is 4.73. The Morgan fingerprint density at radius 2 is 1.98 bits per heavy atom. The highest BCUT2D eigenvalue weighted by Crippen LogP contribution is 2.46. The number of halogens is 1. The number of pyridine rings is 2. The molecule has 0 saturated heterocycles. The van der Waals surface area contributed by atoms with Crippen molar-refractivity contribution in [3.63, 3.8) is 0 Å². The molecule has 1 saturated carbocycles. The number of nitrogens with one attached hydrogen (secondary N) is 2. The summed E-state index contributed by atoms with van der Waals surface area (Å²) in [4.78, 5) is 52.2. The molecule has 40 heavy (non-hydrogen) atoms. The van der Waals surface area contributed by atoms with E-state index in [-0.39, 0.29) is 41.3 Å². The standard InChI is InChI=1S/C30H26ClN5O3S/c1-17-5-10-26(33-15-17)35-28(37)21-9-6-18(12-22(21)31)16-36-24(13-20-4-2-3-11-32-20)29(38)34-23-14-25(19-7-8-19)40-27(23)30(36)39/h2-6,9-12,14-15,19,24H,7-8,13,16H2,1H3,(H,34,38)(H,33,35,37). The van der Waals surface area contributed by atoms with Crippen LogP contribution in [-0.4, -0.2) is 38.6 Å². The van der Waals surface area contributed by atoms with Crippen molar-refractivity contribution in [2.24, 2.45) is 0 Å².